The zero-order valence-electron chi connectivity index (χ0n) is 17.9. The molecule has 9 heteroatoms. The number of primary amides is 1. The van der Waals surface area contributed by atoms with Gasteiger partial charge in [0.05, 0.1) is 5.00 Å². The van der Waals surface area contributed by atoms with Gasteiger partial charge < -0.3 is 26.0 Å². The molecule has 0 bridgehead atoms. The Kier molecular flexibility index (Phi) is 10.9. The lowest BCUT2D eigenvalue weighted by molar-refractivity contribution is -0.119. The number of nitrogens with one attached hydrogen (secondary N) is 2. The van der Waals surface area contributed by atoms with E-state index in [1.54, 1.807) is 0 Å². The monoisotopic (exact) mass is 557 g/mol. The second-order valence-corrected chi connectivity index (χ2v) is 8.19. The van der Waals surface area contributed by atoms with Crippen molar-refractivity contribution in [2.45, 2.75) is 32.2 Å². The van der Waals surface area contributed by atoms with E-state index in [2.05, 4.69) is 40.0 Å². The average Bonchev–Trinajstić information content (AvgIpc) is 3.29. The lowest BCUT2D eigenvalue weighted by atomic mass is 10.1. The van der Waals surface area contributed by atoms with Crippen molar-refractivity contribution in [2.75, 3.05) is 37.7 Å². The number of hydrogen-bond acceptors (Lipinski definition) is 5. The van der Waals surface area contributed by atoms with Crippen LogP contribution in [0.5, 0.6) is 5.75 Å². The minimum absolute atomic E-state index is 0. The molecule has 0 atom stereocenters. The number of nitrogens with zero attached hydrogens (tertiary/aromatic N) is 2. The second kappa shape index (κ2) is 13.4. The molecular weight excluding hydrogens is 525 g/mol. The van der Waals surface area contributed by atoms with Crippen LogP contribution in [-0.4, -0.2) is 50.7 Å². The number of aliphatic imine (C=N–C) groups is 1. The molecule has 2 aromatic rings. The van der Waals surface area contributed by atoms with Crippen molar-refractivity contribution in [1.82, 2.24) is 10.6 Å². The third-order valence-electron chi connectivity index (χ3n) is 4.97. The molecule has 0 saturated carbocycles. The van der Waals surface area contributed by atoms with Crippen LogP contribution in [0.3, 0.4) is 0 Å². The van der Waals surface area contributed by atoms with Crippen molar-refractivity contribution in [3.05, 3.63) is 47.3 Å². The molecule has 1 amide bonds. The van der Waals surface area contributed by atoms with Gasteiger partial charge in [-0.05, 0) is 61.4 Å². The fourth-order valence-corrected chi connectivity index (χ4v) is 4.20. The molecule has 7 nitrogen and oxygen atoms in total. The molecule has 1 aliphatic rings. The summed E-state index contributed by atoms with van der Waals surface area (Å²) in [7, 11) is 0. The van der Waals surface area contributed by atoms with E-state index in [9.17, 15) is 4.79 Å². The molecular formula is C22H32IN5O2S. The minimum atomic E-state index is -0.478. The molecule has 0 unspecified atom stereocenters. The van der Waals surface area contributed by atoms with Gasteiger partial charge in [-0.1, -0.05) is 12.1 Å². The first kappa shape index (κ1) is 25.3. The number of carbonyl (C=O) groups excluding carboxylic acids is 1. The summed E-state index contributed by atoms with van der Waals surface area (Å²) < 4.78 is 5.29. The van der Waals surface area contributed by atoms with E-state index >= 15 is 0 Å². The van der Waals surface area contributed by atoms with Crippen LogP contribution >= 0.6 is 35.3 Å². The number of nitrogens with two attached hydrogens (primary N) is 1. The lowest BCUT2D eigenvalue weighted by Crippen LogP contribution is -2.48. The van der Waals surface area contributed by atoms with Crippen molar-refractivity contribution in [1.29, 1.82) is 0 Å². The van der Waals surface area contributed by atoms with Gasteiger partial charge in [-0.3, -0.25) is 9.79 Å². The van der Waals surface area contributed by atoms with Gasteiger partial charge in [0.2, 0.25) is 0 Å². The van der Waals surface area contributed by atoms with Crippen LogP contribution in [0, 0.1) is 0 Å². The Bertz CT molecular complexity index is 806. The zero-order chi connectivity index (χ0) is 21.2. The maximum Gasteiger partial charge on any atom is 0.255 e. The van der Waals surface area contributed by atoms with Gasteiger partial charge in [-0.25, -0.2) is 0 Å². The van der Waals surface area contributed by atoms with Gasteiger partial charge in [-0.2, -0.15) is 0 Å². The van der Waals surface area contributed by atoms with E-state index in [-0.39, 0.29) is 30.6 Å². The summed E-state index contributed by atoms with van der Waals surface area (Å²) in [6.07, 6.45) is 3.05. The fourth-order valence-electron chi connectivity index (χ4n) is 3.41. The molecule has 0 radical (unpaired) electrons. The molecule has 1 saturated heterocycles. The molecule has 4 N–H and O–H groups in total. The summed E-state index contributed by atoms with van der Waals surface area (Å²) in [4.78, 5) is 18.0. The van der Waals surface area contributed by atoms with E-state index in [4.69, 9.17) is 15.5 Å². The number of benzene rings is 1. The number of rotatable bonds is 9. The maximum atomic E-state index is 10.8. The molecule has 2 heterocycles. The summed E-state index contributed by atoms with van der Waals surface area (Å²) in [6.45, 7) is 5.66. The molecule has 1 aliphatic heterocycles. The number of halogens is 1. The summed E-state index contributed by atoms with van der Waals surface area (Å²) in [5, 5.41) is 10.4. The van der Waals surface area contributed by atoms with Gasteiger partial charge in [0.1, 0.15) is 5.75 Å². The van der Waals surface area contributed by atoms with Crippen molar-refractivity contribution in [2.24, 2.45) is 10.7 Å². The van der Waals surface area contributed by atoms with Gasteiger partial charge in [0.15, 0.2) is 12.6 Å². The topological polar surface area (TPSA) is 92.0 Å². The highest BCUT2D eigenvalue weighted by atomic mass is 127. The highest BCUT2D eigenvalue weighted by Gasteiger charge is 2.20. The Morgan fingerprint density at radius 2 is 2.00 bits per heavy atom. The molecule has 1 fully saturated rings. The smallest absolute Gasteiger partial charge is 0.255 e. The van der Waals surface area contributed by atoms with Crippen LogP contribution in [0.1, 0.15) is 25.3 Å². The van der Waals surface area contributed by atoms with Crippen LogP contribution in [0.25, 0.3) is 0 Å². The average molecular weight is 558 g/mol. The highest BCUT2D eigenvalue weighted by molar-refractivity contribution is 14.0. The minimum Gasteiger partial charge on any atom is -0.484 e. The summed E-state index contributed by atoms with van der Waals surface area (Å²) in [5.41, 5.74) is 6.26. The predicted octanol–water partition coefficient (Wildman–Crippen LogP) is 3.00. The number of thiophene rings is 1. The van der Waals surface area contributed by atoms with Crippen LogP contribution in [0.2, 0.25) is 0 Å². The number of ether oxygens (including phenoxy) is 1. The first-order chi connectivity index (χ1) is 14.6. The lowest BCUT2D eigenvalue weighted by Gasteiger charge is -2.33. The van der Waals surface area contributed by atoms with Crippen LogP contribution in [0.4, 0.5) is 5.00 Å². The second-order valence-electron chi connectivity index (χ2n) is 7.27. The van der Waals surface area contributed by atoms with Crippen LogP contribution in [-0.2, 0) is 11.2 Å². The van der Waals surface area contributed by atoms with E-state index in [0.29, 0.717) is 18.3 Å². The quantitative estimate of drug-likeness (QED) is 0.251. The maximum absolute atomic E-state index is 10.8. The summed E-state index contributed by atoms with van der Waals surface area (Å²) >= 11 is 1.81. The third-order valence-corrected chi connectivity index (χ3v) is 5.90. The van der Waals surface area contributed by atoms with Gasteiger partial charge in [0.25, 0.3) is 5.91 Å². The SMILES string of the molecule is CCNC(=NCCc1ccc(OCC(N)=O)cc1)NC1CCN(c2cccs2)CC1.I. The standard InChI is InChI=1S/C22H31N5O2S.HI/c1-2-24-22(26-18-10-13-27(14-11-18)21-4-3-15-30-21)25-12-9-17-5-7-19(8-6-17)29-16-20(23)28;/h3-8,15,18H,2,9-14,16H2,1H3,(H2,23,28)(H2,24,25,26);1H. The number of hydrogen-bond donors (Lipinski definition) is 3. The Morgan fingerprint density at radius 1 is 1.26 bits per heavy atom. The first-order valence-electron chi connectivity index (χ1n) is 10.5. The van der Waals surface area contributed by atoms with Crippen molar-refractivity contribution in [3.63, 3.8) is 0 Å². The summed E-state index contributed by atoms with van der Waals surface area (Å²) in [6, 6.07) is 12.4. The first-order valence-corrected chi connectivity index (χ1v) is 11.4. The molecule has 1 aromatic heterocycles. The van der Waals surface area contributed by atoms with Crippen molar-refractivity contribution < 1.29 is 9.53 Å². The number of guanidine groups is 1. The Morgan fingerprint density at radius 3 is 2.61 bits per heavy atom. The van der Waals surface area contributed by atoms with Crippen molar-refractivity contribution >= 4 is 52.2 Å². The van der Waals surface area contributed by atoms with Gasteiger partial charge in [-0.15, -0.1) is 35.3 Å². The van der Waals surface area contributed by atoms with Gasteiger partial charge in [0, 0.05) is 32.2 Å². The predicted molar refractivity (Wildman–Crippen MR) is 139 cm³/mol. The summed E-state index contributed by atoms with van der Waals surface area (Å²) in [5.74, 6) is 1.05. The largest absolute Gasteiger partial charge is 0.484 e. The fraction of sp³-hybridized carbons (Fsp3) is 0.455. The molecule has 0 aliphatic carbocycles. The molecule has 3 rings (SSSR count). The normalized spacial score (nSPS) is 14.6. The molecule has 1 aromatic carbocycles. The number of anilines is 1. The Labute approximate surface area is 205 Å². The number of piperidine rings is 1. The third kappa shape index (κ3) is 8.56. The zero-order valence-corrected chi connectivity index (χ0v) is 21.0. The van der Waals surface area contributed by atoms with Gasteiger partial charge >= 0.3 is 0 Å². The molecule has 31 heavy (non-hydrogen) atoms. The van der Waals surface area contributed by atoms with E-state index < -0.39 is 5.91 Å². The van der Waals surface area contributed by atoms with Crippen LogP contribution in [0.15, 0.2) is 46.8 Å². The van der Waals surface area contributed by atoms with E-state index in [1.807, 2.05) is 35.6 Å². The van der Waals surface area contributed by atoms with Crippen LogP contribution < -0.4 is 26.0 Å². The Hall–Kier alpha value is -2.01. The highest BCUT2D eigenvalue weighted by Crippen LogP contribution is 2.24. The van der Waals surface area contributed by atoms with E-state index in [1.165, 1.54) is 10.6 Å². The number of amides is 1. The molecule has 0 spiro atoms. The van der Waals surface area contributed by atoms with E-state index in [0.717, 1.165) is 44.9 Å². The Balaban J connectivity index is 0.00000341. The number of carbonyl (C=O) groups is 1. The van der Waals surface area contributed by atoms with Crippen molar-refractivity contribution in [3.8, 4) is 5.75 Å². The molecule has 170 valence electrons.